The van der Waals surface area contributed by atoms with Crippen molar-refractivity contribution in [3.8, 4) is 0 Å². The molecule has 184 valence electrons. The Morgan fingerprint density at radius 3 is 2.44 bits per heavy atom. The summed E-state index contributed by atoms with van der Waals surface area (Å²) in [6.07, 6.45) is 15.3. The molecule has 8 unspecified atom stereocenters. The van der Waals surface area contributed by atoms with E-state index in [1.807, 2.05) is 7.11 Å². The lowest BCUT2D eigenvalue weighted by molar-refractivity contribution is -0.106. The summed E-state index contributed by atoms with van der Waals surface area (Å²) in [5, 5.41) is 10.4. The molecule has 2 nitrogen and oxygen atoms in total. The second-order valence-electron chi connectivity index (χ2n) is 13.2. The van der Waals surface area contributed by atoms with E-state index in [1.54, 1.807) is 0 Å². The molecule has 0 aromatic rings. The quantitative estimate of drug-likeness (QED) is 0.409. The van der Waals surface area contributed by atoms with Gasteiger partial charge in [-0.2, -0.15) is 0 Å². The van der Waals surface area contributed by atoms with Crippen LogP contribution in [-0.4, -0.2) is 24.4 Å². The molecule has 10 atom stereocenters. The Hall–Kier alpha value is -0.340. The van der Waals surface area contributed by atoms with Gasteiger partial charge in [-0.1, -0.05) is 66.0 Å². The van der Waals surface area contributed by atoms with Gasteiger partial charge in [0, 0.05) is 7.11 Å². The molecule has 0 aromatic carbocycles. The molecule has 32 heavy (non-hydrogen) atoms. The van der Waals surface area contributed by atoms with Crippen molar-refractivity contribution in [3.05, 3.63) is 11.6 Å². The van der Waals surface area contributed by atoms with Crippen LogP contribution < -0.4 is 0 Å². The van der Waals surface area contributed by atoms with Gasteiger partial charge in [0.2, 0.25) is 0 Å². The molecule has 3 saturated carbocycles. The predicted molar refractivity (Wildman–Crippen MR) is 134 cm³/mol. The zero-order chi connectivity index (χ0) is 23.3. The molecule has 4 rings (SSSR count). The van der Waals surface area contributed by atoms with Gasteiger partial charge in [-0.25, -0.2) is 0 Å². The van der Waals surface area contributed by atoms with Gasteiger partial charge < -0.3 is 9.84 Å². The molecule has 0 saturated heterocycles. The van der Waals surface area contributed by atoms with Gasteiger partial charge in [-0.15, -0.1) is 0 Å². The Morgan fingerprint density at radius 1 is 1.03 bits per heavy atom. The van der Waals surface area contributed by atoms with E-state index in [0.29, 0.717) is 11.3 Å². The summed E-state index contributed by atoms with van der Waals surface area (Å²) < 4.78 is 6.20. The average molecular weight is 445 g/mol. The molecule has 0 radical (unpaired) electrons. The van der Waals surface area contributed by atoms with Crippen molar-refractivity contribution in [1.82, 2.24) is 0 Å². The molecule has 4 aliphatic carbocycles. The fourth-order valence-electron chi connectivity index (χ4n) is 9.49. The first-order chi connectivity index (χ1) is 15.2. The lowest BCUT2D eigenvalue weighted by atomic mass is 9.46. The normalized spacial score (nSPS) is 45.6. The first-order valence-electron chi connectivity index (χ1n) is 14.1. The highest BCUT2D eigenvalue weighted by molar-refractivity contribution is 5.28. The maximum absolute atomic E-state index is 10.4. The molecule has 2 heteroatoms. The topological polar surface area (TPSA) is 29.5 Å². The summed E-state index contributed by atoms with van der Waals surface area (Å²) in [5.74, 6) is 5.62. The summed E-state index contributed by atoms with van der Waals surface area (Å²) in [4.78, 5) is 0. The van der Waals surface area contributed by atoms with E-state index < -0.39 is 0 Å². The highest BCUT2D eigenvalue weighted by Crippen LogP contribution is 2.67. The molecule has 0 bridgehead atoms. The lowest BCUT2D eigenvalue weighted by Gasteiger charge is -2.60. The number of aliphatic hydroxyl groups excluding tert-OH is 1. The van der Waals surface area contributed by atoms with E-state index >= 15 is 0 Å². The van der Waals surface area contributed by atoms with Crippen LogP contribution in [-0.2, 0) is 4.74 Å². The third-order valence-electron chi connectivity index (χ3n) is 11.6. The monoisotopic (exact) mass is 444 g/mol. The minimum absolute atomic E-state index is 0.147. The van der Waals surface area contributed by atoms with Crippen LogP contribution in [0.25, 0.3) is 0 Å². The van der Waals surface area contributed by atoms with E-state index in [-0.39, 0.29) is 17.6 Å². The van der Waals surface area contributed by atoms with Gasteiger partial charge in [0.25, 0.3) is 0 Å². The number of rotatable bonds is 7. The second-order valence-corrected chi connectivity index (χ2v) is 13.2. The standard InChI is InChI=1S/C30H52O2/c1-8-21(19(2)3)10-9-20(4)24-11-12-25-28-26(14-16-30(24,25)6)29(5)15-13-23(31)17-22(29)18-27(28)32-7/h18-21,23-28,31H,8-17H2,1-7H3/t20?,21?,23?,24?,25?,26?,27?,28?,29-,30+/m0/s1. The summed E-state index contributed by atoms with van der Waals surface area (Å²) >= 11 is 0. The van der Waals surface area contributed by atoms with E-state index in [4.69, 9.17) is 4.74 Å². The average Bonchev–Trinajstić information content (AvgIpc) is 3.11. The molecule has 0 amide bonds. The minimum atomic E-state index is -0.147. The van der Waals surface area contributed by atoms with Crippen LogP contribution >= 0.6 is 0 Å². The van der Waals surface area contributed by atoms with Crippen molar-refractivity contribution in [3.63, 3.8) is 0 Å². The predicted octanol–water partition coefficient (Wildman–Crippen LogP) is 7.65. The van der Waals surface area contributed by atoms with Crippen LogP contribution in [0.1, 0.15) is 106 Å². The SMILES string of the molecule is CCC(CCC(C)C1CCC2C3C(OC)C=C4CC(O)CC[C@]4(C)C3CC[C@]12C)C(C)C. The van der Waals surface area contributed by atoms with Crippen molar-refractivity contribution in [2.45, 2.75) is 118 Å². The second kappa shape index (κ2) is 9.37. The maximum Gasteiger partial charge on any atom is 0.0788 e. The zero-order valence-electron chi connectivity index (χ0n) is 22.2. The Balaban J connectivity index is 1.54. The third kappa shape index (κ3) is 4.04. The zero-order valence-corrected chi connectivity index (χ0v) is 22.2. The molecule has 0 aliphatic heterocycles. The fraction of sp³-hybridized carbons (Fsp3) is 0.933. The Kier molecular flexibility index (Phi) is 7.25. The summed E-state index contributed by atoms with van der Waals surface area (Å²) in [7, 11) is 1.93. The minimum Gasteiger partial charge on any atom is -0.393 e. The molecular weight excluding hydrogens is 392 g/mol. The van der Waals surface area contributed by atoms with Gasteiger partial charge in [0.1, 0.15) is 0 Å². The molecule has 4 aliphatic rings. The molecule has 0 aromatic heterocycles. The van der Waals surface area contributed by atoms with Crippen LogP contribution in [0.5, 0.6) is 0 Å². The number of hydrogen-bond donors (Lipinski definition) is 1. The van der Waals surface area contributed by atoms with Crippen LogP contribution in [0.15, 0.2) is 11.6 Å². The largest absolute Gasteiger partial charge is 0.393 e. The summed E-state index contributed by atoms with van der Waals surface area (Å²) in [6, 6.07) is 0. The molecule has 0 heterocycles. The van der Waals surface area contributed by atoms with Crippen LogP contribution in [0.3, 0.4) is 0 Å². The van der Waals surface area contributed by atoms with Crippen molar-refractivity contribution >= 4 is 0 Å². The van der Waals surface area contributed by atoms with Gasteiger partial charge in [-0.05, 0) is 104 Å². The molecule has 3 fully saturated rings. The van der Waals surface area contributed by atoms with E-state index in [2.05, 4.69) is 47.6 Å². The molecular formula is C30H52O2. The number of hydrogen-bond acceptors (Lipinski definition) is 2. The van der Waals surface area contributed by atoms with Crippen molar-refractivity contribution in [2.24, 2.45) is 52.3 Å². The molecule has 1 N–H and O–H groups in total. The van der Waals surface area contributed by atoms with Crippen LogP contribution in [0.2, 0.25) is 0 Å². The first-order valence-corrected chi connectivity index (χ1v) is 14.1. The number of ether oxygens (including phenoxy) is 1. The number of aliphatic hydroxyl groups is 1. The Labute approximate surface area is 199 Å². The lowest BCUT2D eigenvalue weighted by Crippen LogP contribution is -2.55. The van der Waals surface area contributed by atoms with Gasteiger partial charge in [-0.3, -0.25) is 0 Å². The first kappa shape index (κ1) is 24.8. The third-order valence-corrected chi connectivity index (χ3v) is 11.6. The van der Waals surface area contributed by atoms with Gasteiger partial charge in [0.15, 0.2) is 0 Å². The number of fused-ring (bicyclic) bond motifs is 5. The van der Waals surface area contributed by atoms with Crippen LogP contribution in [0.4, 0.5) is 0 Å². The molecule has 0 spiro atoms. The summed E-state index contributed by atoms with van der Waals surface area (Å²) in [6.45, 7) is 15.0. The highest BCUT2D eigenvalue weighted by atomic mass is 16.5. The maximum atomic E-state index is 10.4. The van der Waals surface area contributed by atoms with E-state index in [1.165, 1.54) is 50.5 Å². The van der Waals surface area contributed by atoms with Gasteiger partial charge >= 0.3 is 0 Å². The smallest absolute Gasteiger partial charge is 0.0788 e. The van der Waals surface area contributed by atoms with Crippen molar-refractivity contribution < 1.29 is 9.84 Å². The van der Waals surface area contributed by atoms with Crippen molar-refractivity contribution in [2.75, 3.05) is 7.11 Å². The van der Waals surface area contributed by atoms with E-state index in [9.17, 15) is 5.11 Å². The summed E-state index contributed by atoms with van der Waals surface area (Å²) in [5.41, 5.74) is 2.28. The highest BCUT2D eigenvalue weighted by Gasteiger charge is 2.61. The van der Waals surface area contributed by atoms with E-state index in [0.717, 1.165) is 54.8 Å². The number of methoxy groups -OCH3 is 1. The van der Waals surface area contributed by atoms with Gasteiger partial charge in [0.05, 0.1) is 12.2 Å². The Morgan fingerprint density at radius 2 is 1.78 bits per heavy atom. The Bertz CT molecular complexity index is 682. The van der Waals surface area contributed by atoms with Crippen molar-refractivity contribution in [1.29, 1.82) is 0 Å². The fourth-order valence-corrected chi connectivity index (χ4v) is 9.49. The van der Waals surface area contributed by atoms with Crippen LogP contribution in [0, 0.1) is 52.3 Å².